The Hall–Kier alpha value is -7.95. The van der Waals surface area contributed by atoms with Crippen LogP contribution in [0.1, 0.15) is 82.9 Å². The summed E-state index contributed by atoms with van der Waals surface area (Å²) in [7, 11) is 5.61. The molecule has 7 N–H and O–H groups in total. The predicted octanol–water partition coefficient (Wildman–Crippen LogP) is 16.4. The quantitative estimate of drug-likeness (QED) is 0.0881. The molecule has 12 rings (SSSR count). The Morgan fingerprint density at radius 1 is 0.568 bits per heavy atom. The van der Waals surface area contributed by atoms with E-state index < -0.39 is 35.3 Å². The van der Waals surface area contributed by atoms with Gasteiger partial charge in [0, 0.05) is 85.2 Å². The van der Waals surface area contributed by atoms with E-state index >= 15 is 0 Å². The van der Waals surface area contributed by atoms with Crippen molar-refractivity contribution in [3.05, 3.63) is 152 Å². The SMILES string of the molecule is CCOC(=O)[C@@H](OC(C)(C)C)c1c(C)cc2nc(-c3ccc4c(N)nn(C)c4c3)sc2c1-c1ccc(Cl)cc1.Cc1cc2nc(-c3ccc4c(N)nn(C)c4c3)sc2c(-c2ccc(Cl)cc2)c1[C@H](OC(C)(C)C)C(=O)O.Cn1nc(N)c2ccc(Br)cc21. The summed E-state index contributed by atoms with van der Waals surface area (Å²) in [4.78, 5) is 35.8. The number of hydrogen-bond donors (Lipinski definition) is 4. The Balaban J connectivity index is 0.000000163. The fourth-order valence-corrected chi connectivity index (χ4v) is 13.5. The van der Waals surface area contributed by atoms with Crippen LogP contribution in [0.25, 0.3) is 96.5 Å². The Bertz CT molecular complexity index is 4660. The van der Waals surface area contributed by atoms with Gasteiger partial charge in [-0.05, 0) is 163 Å². The molecule has 88 heavy (non-hydrogen) atoms. The van der Waals surface area contributed by atoms with E-state index in [1.807, 2.05) is 174 Å². The molecule has 12 aromatic rings. The van der Waals surface area contributed by atoms with Crippen LogP contribution in [0.15, 0.2) is 120 Å². The van der Waals surface area contributed by atoms with Crippen molar-refractivity contribution >= 4 is 144 Å². The van der Waals surface area contributed by atoms with E-state index in [4.69, 9.17) is 64.6 Å². The van der Waals surface area contributed by atoms with Crippen molar-refractivity contribution in [2.24, 2.45) is 21.1 Å². The maximum absolute atomic E-state index is 13.3. The molecule has 5 aromatic heterocycles. The Kier molecular flexibility index (Phi) is 17.9. The first-order valence-electron chi connectivity index (χ1n) is 28.1. The van der Waals surface area contributed by atoms with Gasteiger partial charge in [0.25, 0.3) is 0 Å². The highest BCUT2D eigenvalue weighted by Crippen LogP contribution is 2.47. The summed E-state index contributed by atoms with van der Waals surface area (Å²) in [6, 6.07) is 36.9. The molecule has 0 radical (unpaired) electrons. The third kappa shape index (κ3) is 13.1. The molecule has 454 valence electrons. The molecule has 0 saturated heterocycles. The van der Waals surface area contributed by atoms with Crippen molar-refractivity contribution in [1.82, 2.24) is 39.3 Å². The van der Waals surface area contributed by atoms with E-state index in [1.54, 1.807) is 44.4 Å². The summed E-state index contributed by atoms with van der Waals surface area (Å²) in [5, 5.41) is 28.7. The van der Waals surface area contributed by atoms with Crippen LogP contribution < -0.4 is 17.2 Å². The number of ether oxygens (including phenoxy) is 3. The summed E-state index contributed by atoms with van der Waals surface area (Å²) in [6.45, 7) is 17.3. The van der Waals surface area contributed by atoms with Gasteiger partial charge in [-0.15, -0.1) is 22.7 Å². The molecular formula is C66H66BrCl2N11O6S2. The number of aryl methyl sites for hydroxylation is 5. The zero-order valence-electron chi connectivity index (χ0n) is 50.6. The highest BCUT2D eigenvalue weighted by molar-refractivity contribution is 9.10. The van der Waals surface area contributed by atoms with Crippen LogP contribution in [0.5, 0.6) is 0 Å². The second-order valence-electron chi connectivity index (χ2n) is 23.2. The molecule has 22 heteroatoms. The van der Waals surface area contributed by atoms with Gasteiger partial charge in [-0.25, -0.2) is 19.6 Å². The van der Waals surface area contributed by atoms with Crippen LogP contribution >= 0.6 is 61.8 Å². The Morgan fingerprint density at radius 3 is 1.32 bits per heavy atom. The van der Waals surface area contributed by atoms with Crippen LogP contribution in [0.3, 0.4) is 0 Å². The van der Waals surface area contributed by atoms with E-state index in [0.717, 1.165) is 118 Å². The molecule has 0 aliphatic heterocycles. The van der Waals surface area contributed by atoms with Crippen molar-refractivity contribution < 1.29 is 28.9 Å². The number of nitrogens with zero attached hydrogens (tertiary/aromatic N) is 8. The fourth-order valence-electron chi connectivity index (χ4n) is 10.6. The van der Waals surface area contributed by atoms with Crippen LogP contribution in [-0.2, 0) is 44.9 Å². The molecule has 0 aliphatic carbocycles. The number of benzene rings is 7. The number of esters is 1. The molecule has 7 aromatic carbocycles. The van der Waals surface area contributed by atoms with Crippen LogP contribution in [0.2, 0.25) is 10.0 Å². The first-order valence-corrected chi connectivity index (χ1v) is 31.2. The van der Waals surface area contributed by atoms with Crippen molar-refractivity contribution in [1.29, 1.82) is 0 Å². The van der Waals surface area contributed by atoms with Gasteiger partial charge < -0.3 is 36.5 Å². The minimum absolute atomic E-state index is 0.256. The number of aromatic nitrogens is 8. The lowest BCUT2D eigenvalue weighted by Crippen LogP contribution is -2.29. The van der Waals surface area contributed by atoms with Crippen molar-refractivity contribution in [2.45, 2.75) is 85.7 Å². The van der Waals surface area contributed by atoms with E-state index in [-0.39, 0.29) is 6.61 Å². The number of carbonyl (C=O) groups is 2. The second kappa shape index (κ2) is 24.9. The zero-order chi connectivity index (χ0) is 63.4. The number of carboxylic acids is 1. The molecule has 5 heterocycles. The largest absolute Gasteiger partial charge is 0.479 e. The maximum Gasteiger partial charge on any atom is 0.339 e. The minimum atomic E-state index is -1.16. The number of rotatable bonds is 11. The number of aliphatic carboxylic acids is 1. The molecule has 2 atom stereocenters. The number of fused-ring (bicyclic) bond motifs is 5. The third-order valence-corrected chi connectivity index (χ3v) is 17.7. The fraction of sp³-hybridized carbons (Fsp3) is 0.258. The highest BCUT2D eigenvalue weighted by Gasteiger charge is 2.35. The summed E-state index contributed by atoms with van der Waals surface area (Å²) in [5.74, 6) is 0.0975. The second-order valence-corrected chi connectivity index (χ2v) is 27.0. The van der Waals surface area contributed by atoms with Crippen LogP contribution in [0, 0.1) is 13.8 Å². The van der Waals surface area contributed by atoms with E-state index in [0.29, 0.717) is 33.1 Å². The molecule has 0 bridgehead atoms. The normalized spacial score (nSPS) is 12.6. The Morgan fingerprint density at radius 2 is 0.932 bits per heavy atom. The van der Waals surface area contributed by atoms with Crippen LogP contribution in [-0.4, -0.2) is 74.2 Å². The maximum atomic E-state index is 13.3. The number of carboxylic acid groups (broad SMARTS) is 1. The lowest BCUT2D eigenvalue weighted by molar-refractivity contribution is -0.166. The molecule has 17 nitrogen and oxygen atoms in total. The van der Waals surface area contributed by atoms with E-state index in [9.17, 15) is 14.7 Å². The summed E-state index contributed by atoms with van der Waals surface area (Å²) in [6.07, 6.45) is -2.08. The molecule has 0 amide bonds. The number of nitrogens with two attached hydrogens (primary N) is 3. The first kappa shape index (κ1) is 63.1. The van der Waals surface area contributed by atoms with Gasteiger partial charge in [0.05, 0.1) is 54.8 Å². The average molecular weight is 1320 g/mol. The van der Waals surface area contributed by atoms with Crippen LogP contribution in [0.4, 0.5) is 17.5 Å². The number of halogens is 3. The van der Waals surface area contributed by atoms with Gasteiger partial charge in [0.1, 0.15) is 10.0 Å². The van der Waals surface area contributed by atoms with Gasteiger partial charge in [-0.3, -0.25) is 14.0 Å². The van der Waals surface area contributed by atoms with Crippen molar-refractivity contribution in [3.8, 4) is 43.4 Å². The molecule has 0 unspecified atom stereocenters. The van der Waals surface area contributed by atoms with Gasteiger partial charge in [-0.1, -0.05) is 75.5 Å². The first-order chi connectivity index (χ1) is 41.6. The number of carbonyl (C=O) groups excluding carboxylic acids is 1. The smallest absolute Gasteiger partial charge is 0.339 e. The summed E-state index contributed by atoms with van der Waals surface area (Å²) < 4.78 is 26.1. The molecule has 0 spiro atoms. The number of hydrogen-bond acceptors (Lipinski definition) is 15. The van der Waals surface area contributed by atoms with Gasteiger partial charge in [-0.2, -0.15) is 15.3 Å². The van der Waals surface area contributed by atoms with Gasteiger partial charge in [0.15, 0.2) is 29.7 Å². The molecule has 0 aliphatic rings. The number of anilines is 3. The molecular weight excluding hydrogens is 1260 g/mol. The van der Waals surface area contributed by atoms with Crippen molar-refractivity contribution in [3.63, 3.8) is 0 Å². The Labute approximate surface area is 535 Å². The molecule has 0 fully saturated rings. The highest BCUT2D eigenvalue weighted by atomic mass is 79.9. The van der Waals surface area contributed by atoms with Gasteiger partial charge in [0.2, 0.25) is 0 Å². The lowest BCUT2D eigenvalue weighted by Gasteiger charge is -2.29. The monoisotopic (exact) mass is 1320 g/mol. The summed E-state index contributed by atoms with van der Waals surface area (Å²) in [5.41, 5.74) is 29.4. The lowest BCUT2D eigenvalue weighted by atomic mass is 9.91. The molecule has 0 saturated carbocycles. The minimum Gasteiger partial charge on any atom is -0.479 e. The standard InChI is InChI=1S/C30H31ClN4O3S.C28H27ClN4O3S.C8H8BrN3/c1-7-37-29(36)25(38-30(3,4)5)23-16(2)14-21-26(24(23)17-8-11-19(31)12-9-17)39-28(33-21)18-10-13-20-22(15-18)35(6)34-27(20)32;1-14-12-19-24(37-26(31-19)16-8-11-18-20(13-16)33(5)32-25(18)30)22(15-6-9-17(29)10-7-15)21(14)23(27(34)35)36-28(2,3)4;1-12-7-4-5(9)2-3-6(7)8(10)11-12/h8-15,25H,7H2,1-6H3,(H2,32,34);6-13,23H,1-5H3,(H2,30,32)(H,34,35);2-4H,1H3,(H2,10,11)/t25-;23-;/m00./s1. The summed E-state index contributed by atoms with van der Waals surface area (Å²) >= 11 is 18.9. The zero-order valence-corrected chi connectivity index (χ0v) is 55.3. The van der Waals surface area contributed by atoms with E-state index in [2.05, 4.69) is 37.3 Å². The van der Waals surface area contributed by atoms with Crippen molar-refractivity contribution in [2.75, 3.05) is 23.8 Å². The topological polar surface area (TPSA) is 239 Å². The van der Waals surface area contributed by atoms with E-state index in [1.165, 1.54) is 11.3 Å². The third-order valence-electron chi connectivity index (χ3n) is 14.4. The predicted molar refractivity (Wildman–Crippen MR) is 362 cm³/mol. The average Bonchev–Trinajstić information content (AvgIpc) is 1.86. The van der Waals surface area contributed by atoms with Gasteiger partial charge >= 0.3 is 11.9 Å². The number of nitrogen functional groups attached to an aromatic ring is 3. The number of thiazole rings is 2.